The van der Waals surface area contributed by atoms with Crippen molar-refractivity contribution in [3.8, 4) is 0 Å². The number of ether oxygens (including phenoxy) is 1. The fourth-order valence-corrected chi connectivity index (χ4v) is 4.01. The molecular formula is C20H24N4O4. The van der Waals surface area contributed by atoms with E-state index in [1.807, 2.05) is 4.90 Å². The molecule has 0 spiro atoms. The summed E-state index contributed by atoms with van der Waals surface area (Å²) in [6.07, 6.45) is 1.55. The van der Waals surface area contributed by atoms with Crippen LogP contribution in [0.2, 0.25) is 0 Å². The van der Waals surface area contributed by atoms with Gasteiger partial charge in [-0.1, -0.05) is 18.2 Å². The standard InChI is InChI=1S/C20H24N4O4/c1-22-19(26)16-7-3-2-6-15(16)17(21-22)20(27)24-8-4-5-14(13-24)18(25)23-9-11-28-12-10-23/h2-3,6-7,14H,4-5,8-13H2,1H3. The molecule has 0 radical (unpaired) electrons. The number of nitrogens with zero attached hydrogens (tertiary/aromatic N) is 4. The minimum absolute atomic E-state index is 0.0964. The lowest BCUT2D eigenvalue weighted by atomic mass is 9.95. The quantitative estimate of drug-likeness (QED) is 0.759. The topological polar surface area (TPSA) is 84.7 Å². The van der Waals surface area contributed by atoms with Gasteiger partial charge >= 0.3 is 0 Å². The minimum atomic E-state index is -0.230. The number of piperidine rings is 1. The maximum absolute atomic E-state index is 13.2. The number of likely N-dealkylation sites (tertiary alicyclic amines) is 1. The van der Waals surface area contributed by atoms with Gasteiger partial charge in [0.25, 0.3) is 11.5 Å². The molecule has 28 heavy (non-hydrogen) atoms. The SMILES string of the molecule is Cn1nc(C(=O)N2CCCC(C(=O)N3CCOCC3)C2)c2ccccc2c1=O. The van der Waals surface area contributed by atoms with Crippen LogP contribution in [0, 0.1) is 5.92 Å². The Kier molecular flexibility index (Phi) is 5.13. The van der Waals surface area contributed by atoms with Crippen LogP contribution in [0.5, 0.6) is 0 Å². The number of aromatic nitrogens is 2. The Hall–Kier alpha value is -2.74. The van der Waals surface area contributed by atoms with E-state index in [1.165, 1.54) is 4.68 Å². The number of fused-ring (bicyclic) bond motifs is 1. The molecule has 2 aliphatic heterocycles. The number of hydrogen-bond acceptors (Lipinski definition) is 5. The number of aryl methyl sites for hydroxylation is 1. The molecule has 4 rings (SSSR count). The Labute approximate surface area is 162 Å². The third-order valence-corrected chi connectivity index (χ3v) is 5.54. The molecule has 0 bridgehead atoms. The first kappa shape index (κ1) is 18.6. The predicted molar refractivity (Wildman–Crippen MR) is 103 cm³/mol. The third-order valence-electron chi connectivity index (χ3n) is 5.54. The molecule has 3 heterocycles. The van der Waals surface area contributed by atoms with Crippen LogP contribution in [0.15, 0.2) is 29.1 Å². The third kappa shape index (κ3) is 3.40. The van der Waals surface area contributed by atoms with Gasteiger partial charge in [-0.25, -0.2) is 4.68 Å². The van der Waals surface area contributed by atoms with E-state index in [0.29, 0.717) is 50.2 Å². The van der Waals surface area contributed by atoms with Crippen LogP contribution >= 0.6 is 0 Å². The molecule has 1 atom stereocenters. The zero-order valence-electron chi connectivity index (χ0n) is 16.0. The lowest BCUT2D eigenvalue weighted by Gasteiger charge is -2.36. The zero-order valence-corrected chi connectivity index (χ0v) is 16.0. The summed E-state index contributed by atoms with van der Waals surface area (Å²) in [6, 6.07) is 7.02. The molecule has 2 saturated heterocycles. The number of carbonyl (C=O) groups is 2. The molecule has 0 aliphatic carbocycles. The largest absolute Gasteiger partial charge is 0.378 e. The van der Waals surface area contributed by atoms with Crippen molar-refractivity contribution in [1.29, 1.82) is 0 Å². The highest BCUT2D eigenvalue weighted by Gasteiger charge is 2.33. The minimum Gasteiger partial charge on any atom is -0.378 e. The summed E-state index contributed by atoms with van der Waals surface area (Å²) in [4.78, 5) is 41.9. The molecule has 2 aliphatic rings. The summed E-state index contributed by atoms with van der Waals surface area (Å²) < 4.78 is 6.53. The monoisotopic (exact) mass is 384 g/mol. The summed E-state index contributed by atoms with van der Waals surface area (Å²) in [5.41, 5.74) is 0.0309. The van der Waals surface area contributed by atoms with Crippen LogP contribution < -0.4 is 5.56 Å². The van der Waals surface area contributed by atoms with E-state index in [0.717, 1.165) is 12.8 Å². The molecule has 148 valence electrons. The summed E-state index contributed by atoms with van der Waals surface area (Å²) in [6.45, 7) is 3.31. The highest BCUT2D eigenvalue weighted by Crippen LogP contribution is 2.22. The smallest absolute Gasteiger partial charge is 0.274 e. The van der Waals surface area contributed by atoms with Crippen molar-refractivity contribution >= 4 is 22.6 Å². The van der Waals surface area contributed by atoms with Crippen molar-refractivity contribution in [2.75, 3.05) is 39.4 Å². The summed E-state index contributed by atoms with van der Waals surface area (Å²) in [5.74, 6) is -0.333. The molecule has 0 saturated carbocycles. The second-order valence-corrected chi connectivity index (χ2v) is 7.35. The van der Waals surface area contributed by atoms with Crippen molar-refractivity contribution < 1.29 is 14.3 Å². The normalized spacial score (nSPS) is 20.4. The molecule has 2 fully saturated rings. The van der Waals surface area contributed by atoms with Gasteiger partial charge in [0.05, 0.1) is 24.5 Å². The predicted octanol–water partition coefficient (Wildman–Crippen LogP) is 0.645. The molecular weight excluding hydrogens is 360 g/mol. The van der Waals surface area contributed by atoms with Crippen molar-refractivity contribution in [3.05, 3.63) is 40.3 Å². The van der Waals surface area contributed by atoms with Gasteiger partial charge in [0.15, 0.2) is 5.69 Å². The Morgan fingerprint density at radius 1 is 1.07 bits per heavy atom. The van der Waals surface area contributed by atoms with E-state index in [-0.39, 0.29) is 29.0 Å². The van der Waals surface area contributed by atoms with Crippen molar-refractivity contribution in [2.24, 2.45) is 13.0 Å². The van der Waals surface area contributed by atoms with Crippen LogP contribution in [-0.2, 0) is 16.6 Å². The Morgan fingerprint density at radius 2 is 1.79 bits per heavy atom. The van der Waals surface area contributed by atoms with Gasteiger partial charge in [0.2, 0.25) is 5.91 Å². The Balaban J connectivity index is 1.58. The highest BCUT2D eigenvalue weighted by atomic mass is 16.5. The lowest BCUT2D eigenvalue weighted by molar-refractivity contribution is -0.141. The molecule has 8 nitrogen and oxygen atoms in total. The average Bonchev–Trinajstić information content (AvgIpc) is 2.76. The van der Waals surface area contributed by atoms with Gasteiger partial charge in [-0.05, 0) is 18.9 Å². The number of benzene rings is 1. The fraction of sp³-hybridized carbons (Fsp3) is 0.500. The highest BCUT2D eigenvalue weighted by molar-refractivity contribution is 6.05. The maximum Gasteiger partial charge on any atom is 0.274 e. The number of rotatable bonds is 2. The van der Waals surface area contributed by atoms with Crippen LogP contribution in [-0.4, -0.2) is 70.8 Å². The zero-order chi connectivity index (χ0) is 19.7. The first-order chi connectivity index (χ1) is 13.6. The van der Waals surface area contributed by atoms with Crippen molar-refractivity contribution in [3.63, 3.8) is 0 Å². The van der Waals surface area contributed by atoms with Gasteiger partial charge in [-0.15, -0.1) is 0 Å². The number of hydrogen-bond donors (Lipinski definition) is 0. The summed E-state index contributed by atoms with van der Waals surface area (Å²) >= 11 is 0. The first-order valence-electron chi connectivity index (χ1n) is 9.68. The molecule has 1 unspecified atom stereocenters. The van der Waals surface area contributed by atoms with E-state index in [2.05, 4.69) is 5.10 Å². The fourth-order valence-electron chi connectivity index (χ4n) is 4.01. The average molecular weight is 384 g/mol. The van der Waals surface area contributed by atoms with Crippen LogP contribution in [0.1, 0.15) is 23.3 Å². The van der Waals surface area contributed by atoms with E-state index >= 15 is 0 Å². The van der Waals surface area contributed by atoms with Gasteiger partial charge in [0, 0.05) is 38.6 Å². The van der Waals surface area contributed by atoms with E-state index in [1.54, 1.807) is 36.2 Å². The van der Waals surface area contributed by atoms with E-state index < -0.39 is 0 Å². The molecule has 1 aromatic heterocycles. The Morgan fingerprint density at radius 3 is 2.54 bits per heavy atom. The van der Waals surface area contributed by atoms with Crippen molar-refractivity contribution in [2.45, 2.75) is 12.8 Å². The van der Waals surface area contributed by atoms with E-state index in [4.69, 9.17) is 4.74 Å². The number of amides is 2. The van der Waals surface area contributed by atoms with Gasteiger partial charge in [-0.2, -0.15) is 5.10 Å². The number of carbonyl (C=O) groups excluding carboxylic acids is 2. The van der Waals surface area contributed by atoms with Gasteiger partial charge in [-0.3, -0.25) is 14.4 Å². The second-order valence-electron chi connectivity index (χ2n) is 7.35. The van der Waals surface area contributed by atoms with Crippen LogP contribution in [0.4, 0.5) is 0 Å². The number of morpholine rings is 1. The van der Waals surface area contributed by atoms with Crippen LogP contribution in [0.3, 0.4) is 0 Å². The van der Waals surface area contributed by atoms with Gasteiger partial charge < -0.3 is 14.5 Å². The summed E-state index contributed by atoms with van der Waals surface area (Å²) in [7, 11) is 1.55. The second kappa shape index (κ2) is 7.71. The molecule has 0 N–H and O–H groups in total. The van der Waals surface area contributed by atoms with E-state index in [9.17, 15) is 14.4 Å². The van der Waals surface area contributed by atoms with Crippen molar-refractivity contribution in [1.82, 2.24) is 19.6 Å². The van der Waals surface area contributed by atoms with Crippen LogP contribution in [0.25, 0.3) is 10.8 Å². The molecule has 8 heteroatoms. The lowest BCUT2D eigenvalue weighted by Crippen LogP contribution is -2.49. The maximum atomic E-state index is 13.2. The molecule has 2 aromatic rings. The summed E-state index contributed by atoms with van der Waals surface area (Å²) in [5, 5.41) is 5.26. The Bertz CT molecular complexity index is 964. The first-order valence-corrected chi connectivity index (χ1v) is 9.68. The van der Waals surface area contributed by atoms with Gasteiger partial charge in [0.1, 0.15) is 0 Å². The molecule has 2 amide bonds. The molecule has 1 aromatic carbocycles.